The maximum absolute atomic E-state index is 5.40. The van der Waals surface area contributed by atoms with Crippen molar-refractivity contribution in [3.05, 3.63) is 24.0 Å². The van der Waals surface area contributed by atoms with E-state index in [0.29, 0.717) is 5.41 Å². The van der Waals surface area contributed by atoms with Gasteiger partial charge in [0.2, 0.25) is 0 Å². The van der Waals surface area contributed by atoms with Gasteiger partial charge in [-0.25, -0.2) is 0 Å². The van der Waals surface area contributed by atoms with Crippen molar-refractivity contribution in [2.75, 3.05) is 13.7 Å². The lowest BCUT2D eigenvalue weighted by Gasteiger charge is -2.24. The Balaban J connectivity index is 2.83. The van der Waals surface area contributed by atoms with E-state index in [2.05, 4.69) is 38.0 Å². The normalized spacial score (nSPS) is 13.4. The highest BCUT2D eigenvalue weighted by molar-refractivity contribution is 5.29. The largest absolute Gasteiger partial charge is 0.495 e. The number of ether oxygens (including phenoxy) is 1. The molecule has 3 nitrogen and oxygen atoms in total. The number of hydrogen-bond donors (Lipinski definition) is 1. The van der Waals surface area contributed by atoms with Gasteiger partial charge in [0, 0.05) is 6.20 Å². The molecule has 0 spiro atoms. The molecule has 0 aliphatic carbocycles. The average molecular weight is 250 g/mol. The second-order valence-electron chi connectivity index (χ2n) is 5.80. The van der Waals surface area contributed by atoms with Crippen molar-refractivity contribution >= 4 is 0 Å². The first-order valence-electron chi connectivity index (χ1n) is 6.70. The van der Waals surface area contributed by atoms with Crippen LogP contribution in [0.3, 0.4) is 0 Å². The lowest BCUT2D eigenvalue weighted by molar-refractivity contribution is 0.324. The van der Waals surface area contributed by atoms with Gasteiger partial charge in [0.25, 0.3) is 0 Å². The van der Waals surface area contributed by atoms with Crippen LogP contribution in [0, 0.1) is 5.41 Å². The average Bonchev–Trinajstić information content (AvgIpc) is 2.33. The Morgan fingerprint density at radius 3 is 2.67 bits per heavy atom. The van der Waals surface area contributed by atoms with Crippen LogP contribution in [0.4, 0.5) is 0 Å². The van der Waals surface area contributed by atoms with E-state index in [4.69, 9.17) is 4.74 Å². The summed E-state index contributed by atoms with van der Waals surface area (Å²) >= 11 is 0. The van der Waals surface area contributed by atoms with Crippen molar-refractivity contribution in [1.29, 1.82) is 0 Å². The Kier molecular flexibility index (Phi) is 5.60. The summed E-state index contributed by atoms with van der Waals surface area (Å²) in [6.07, 6.45) is 4.06. The van der Waals surface area contributed by atoms with E-state index in [1.165, 1.54) is 0 Å². The summed E-state index contributed by atoms with van der Waals surface area (Å²) in [6.45, 7) is 9.87. The Morgan fingerprint density at radius 1 is 1.39 bits per heavy atom. The molecule has 0 saturated carbocycles. The van der Waals surface area contributed by atoms with E-state index in [1.54, 1.807) is 7.11 Å². The molecule has 0 amide bonds. The predicted octanol–water partition coefficient (Wildman–Crippen LogP) is 3.57. The zero-order valence-corrected chi connectivity index (χ0v) is 12.3. The van der Waals surface area contributed by atoms with Crippen molar-refractivity contribution in [2.45, 2.75) is 46.6 Å². The van der Waals surface area contributed by atoms with Crippen LogP contribution in [0.25, 0.3) is 0 Å². The molecule has 0 bridgehead atoms. The van der Waals surface area contributed by atoms with Crippen LogP contribution in [0.2, 0.25) is 0 Å². The van der Waals surface area contributed by atoms with Gasteiger partial charge in [-0.05, 0) is 36.9 Å². The molecule has 1 N–H and O–H groups in total. The van der Waals surface area contributed by atoms with Crippen LogP contribution >= 0.6 is 0 Å². The van der Waals surface area contributed by atoms with Crippen LogP contribution in [-0.2, 0) is 0 Å². The van der Waals surface area contributed by atoms with Crippen molar-refractivity contribution in [1.82, 2.24) is 10.3 Å². The Hall–Kier alpha value is -1.09. The lowest BCUT2D eigenvalue weighted by Crippen LogP contribution is -2.24. The van der Waals surface area contributed by atoms with E-state index < -0.39 is 0 Å². The van der Waals surface area contributed by atoms with Gasteiger partial charge in [-0.3, -0.25) is 4.98 Å². The summed E-state index contributed by atoms with van der Waals surface area (Å²) < 4.78 is 5.40. The lowest BCUT2D eigenvalue weighted by atomic mass is 9.88. The van der Waals surface area contributed by atoms with Crippen LogP contribution in [-0.4, -0.2) is 18.6 Å². The van der Waals surface area contributed by atoms with Crippen molar-refractivity contribution in [3.8, 4) is 5.75 Å². The van der Waals surface area contributed by atoms with Crippen molar-refractivity contribution in [3.63, 3.8) is 0 Å². The molecule has 1 rings (SSSR count). The molecule has 1 aromatic rings. The third kappa shape index (κ3) is 4.65. The number of nitrogens with one attached hydrogen (secondary N) is 1. The first kappa shape index (κ1) is 15.0. The van der Waals surface area contributed by atoms with Crippen molar-refractivity contribution < 1.29 is 4.74 Å². The summed E-state index contributed by atoms with van der Waals surface area (Å²) in [5.74, 6) is 0.873. The summed E-state index contributed by atoms with van der Waals surface area (Å²) in [6, 6.07) is 4.16. The fourth-order valence-corrected chi connectivity index (χ4v) is 2.00. The highest BCUT2D eigenvalue weighted by Crippen LogP contribution is 2.30. The molecule has 102 valence electrons. The predicted molar refractivity (Wildman–Crippen MR) is 75.9 cm³/mol. The van der Waals surface area contributed by atoms with Crippen LogP contribution < -0.4 is 10.1 Å². The van der Waals surface area contributed by atoms with Gasteiger partial charge in [-0.2, -0.15) is 0 Å². The minimum atomic E-state index is 0.269. The Labute approximate surface area is 111 Å². The monoisotopic (exact) mass is 250 g/mol. The molecule has 0 aliphatic heterocycles. The highest BCUT2D eigenvalue weighted by Gasteiger charge is 2.19. The molecule has 18 heavy (non-hydrogen) atoms. The molecule has 0 aromatic carbocycles. The molecular formula is C15H26N2O. The van der Waals surface area contributed by atoms with E-state index in [1.807, 2.05) is 18.3 Å². The maximum atomic E-state index is 5.40. The molecule has 0 fully saturated rings. The molecule has 0 radical (unpaired) electrons. The number of hydrogen-bond acceptors (Lipinski definition) is 3. The van der Waals surface area contributed by atoms with Gasteiger partial charge in [0.15, 0.2) is 0 Å². The molecule has 0 saturated heterocycles. The molecule has 1 atom stereocenters. The molecule has 1 unspecified atom stereocenters. The standard InChI is InChI=1S/C15H26N2O/c1-6-16-12(9-10-15(2,3)4)14-13(18-5)8-7-11-17-14/h7-8,11-12,16H,6,9-10H2,1-5H3. The minimum Gasteiger partial charge on any atom is -0.495 e. The molecule has 1 heterocycles. The quantitative estimate of drug-likeness (QED) is 0.838. The second-order valence-corrected chi connectivity index (χ2v) is 5.80. The zero-order chi connectivity index (χ0) is 13.6. The number of nitrogens with zero attached hydrogens (tertiary/aromatic N) is 1. The van der Waals surface area contributed by atoms with E-state index >= 15 is 0 Å². The fraction of sp³-hybridized carbons (Fsp3) is 0.667. The molecular weight excluding hydrogens is 224 g/mol. The van der Waals surface area contributed by atoms with Gasteiger partial charge >= 0.3 is 0 Å². The van der Waals surface area contributed by atoms with Gasteiger partial charge in [0.05, 0.1) is 18.8 Å². The smallest absolute Gasteiger partial charge is 0.141 e. The third-order valence-corrected chi connectivity index (χ3v) is 2.98. The van der Waals surface area contributed by atoms with Gasteiger partial charge in [-0.1, -0.05) is 27.7 Å². The summed E-state index contributed by atoms with van der Waals surface area (Å²) in [7, 11) is 1.70. The van der Waals surface area contributed by atoms with Gasteiger partial charge in [-0.15, -0.1) is 0 Å². The summed E-state index contributed by atoms with van der Waals surface area (Å²) in [5.41, 5.74) is 1.36. The first-order valence-corrected chi connectivity index (χ1v) is 6.70. The first-order chi connectivity index (χ1) is 8.48. The SMILES string of the molecule is CCNC(CCC(C)(C)C)c1ncccc1OC. The van der Waals surface area contributed by atoms with Crippen LogP contribution in [0.1, 0.15) is 52.3 Å². The van der Waals surface area contributed by atoms with Gasteiger partial charge in [0.1, 0.15) is 5.75 Å². The van der Waals surface area contributed by atoms with E-state index in [0.717, 1.165) is 30.8 Å². The topological polar surface area (TPSA) is 34.2 Å². The fourth-order valence-electron chi connectivity index (χ4n) is 2.00. The van der Waals surface area contributed by atoms with E-state index in [-0.39, 0.29) is 6.04 Å². The highest BCUT2D eigenvalue weighted by atomic mass is 16.5. The Bertz CT molecular complexity index is 358. The number of rotatable bonds is 6. The number of pyridine rings is 1. The molecule has 0 aliphatic rings. The van der Waals surface area contributed by atoms with Crippen LogP contribution in [0.5, 0.6) is 5.75 Å². The number of aromatic nitrogens is 1. The van der Waals surface area contributed by atoms with Crippen LogP contribution in [0.15, 0.2) is 18.3 Å². The molecule has 3 heteroatoms. The zero-order valence-electron chi connectivity index (χ0n) is 12.3. The minimum absolute atomic E-state index is 0.269. The number of methoxy groups -OCH3 is 1. The Morgan fingerprint density at radius 2 is 2.11 bits per heavy atom. The van der Waals surface area contributed by atoms with E-state index in [9.17, 15) is 0 Å². The third-order valence-electron chi connectivity index (χ3n) is 2.98. The maximum Gasteiger partial charge on any atom is 0.141 e. The van der Waals surface area contributed by atoms with Gasteiger partial charge < -0.3 is 10.1 Å². The summed E-state index contributed by atoms with van der Waals surface area (Å²) in [4.78, 5) is 4.48. The summed E-state index contributed by atoms with van der Waals surface area (Å²) in [5, 5.41) is 3.50. The van der Waals surface area contributed by atoms with Crippen molar-refractivity contribution in [2.24, 2.45) is 5.41 Å². The second kappa shape index (κ2) is 6.74. The molecule has 1 aromatic heterocycles.